The van der Waals surface area contributed by atoms with Crippen LogP contribution in [0, 0.1) is 17.8 Å². The zero-order valence-electron chi connectivity index (χ0n) is 16.6. The number of amides is 3. The minimum atomic E-state index is -1.07. The number of carbonyl (C=O) groups is 4. The number of ketones is 2. The largest absolute Gasteiger partial charge is 0.510 e. The summed E-state index contributed by atoms with van der Waals surface area (Å²) in [4.78, 5) is 49.5. The summed E-state index contributed by atoms with van der Waals surface area (Å²) in [6.07, 6.45) is 0.576. The number of rotatable bonds is 2. The van der Waals surface area contributed by atoms with E-state index in [1.165, 1.54) is 12.1 Å². The quantitative estimate of drug-likeness (QED) is 0.290. The molecule has 0 radical (unpaired) electrons. The molecule has 10 nitrogen and oxygen atoms in total. The van der Waals surface area contributed by atoms with Gasteiger partial charge in [-0.25, -0.2) is 4.79 Å². The lowest BCUT2D eigenvalue weighted by Gasteiger charge is -2.44. The molecule has 0 aliphatic heterocycles. The second-order valence-electron chi connectivity index (χ2n) is 8.19. The number of allylic oxidation sites excluding steroid dienone is 2. The number of phenols is 1. The van der Waals surface area contributed by atoms with Crippen LogP contribution in [0.25, 0.3) is 0 Å². The van der Waals surface area contributed by atoms with Crippen molar-refractivity contribution in [2.45, 2.75) is 25.8 Å². The van der Waals surface area contributed by atoms with Gasteiger partial charge < -0.3 is 32.7 Å². The van der Waals surface area contributed by atoms with E-state index in [2.05, 4.69) is 5.32 Å². The zero-order chi connectivity index (χ0) is 22.8. The lowest BCUT2D eigenvalue weighted by molar-refractivity contribution is -0.125. The first-order chi connectivity index (χ1) is 14.5. The number of hydrogen-bond donors (Lipinski definition) is 6. The van der Waals surface area contributed by atoms with E-state index in [0.717, 1.165) is 0 Å². The number of hydrogen-bond acceptors (Lipinski definition) is 7. The van der Waals surface area contributed by atoms with Crippen molar-refractivity contribution in [1.82, 2.24) is 0 Å². The third kappa shape index (κ3) is 2.90. The maximum atomic E-state index is 13.4. The fraction of sp³-hybridized carbons (Fsp3) is 0.333. The van der Waals surface area contributed by atoms with Gasteiger partial charge in [0.05, 0.1) is 11.6 Å². The maximum absolute atomic E-state index is 13.4. The van der Waals surface area contributed by atoms with Crippen molar-refractivity contribution in [3.8, 4) is 5.75 Å². The Labute approximate surface area is 176 Å². The number of fused-ring (bicyclic) bond motifs is 3. The summed E-state index contributed by atoms with van der Waals surface area (Å²) in [5, 5.41) is 23.2. The number of anilines is 1. The first kappa shape index (κ1) is 20.6. The Morgan fingerprint density at radius 1 is 1.16 bits per heavy atom. The van der Waals surface area contributed by atoms with E-state index < -0.39 is 52.7 Å². The number of urea groups is 1. The van der Waals surface area contributed by atoms with Crippen molar-refractivity contribution >= 4 is 29.2 Å². The van der Waals surface area contributed by atoms with Gasteiger partial charge in [0.15, 0.2) is 11.6 Å². The standard InChI is InChI=1S/C21H22N4O6/c1-6-12-7(5-9-13(6)18(28)15(20(23)30)19(29)16(9)22)4-8-10(25-21(24)31)2-3-11(26)14(8)17(12)27/h2-3,7,9,13,16,26,29H,4-5,22H2,1H3,(H2,23,30)(H3,24,25,31)/t7?,9?,13?,16-/m0/s1. The average molecular weight is 426 g/mol. The molecule has 3 unspecified atom stereocenters. The Kier molecular flexibility index (Phi) is 4.62. The molecule has 9 N–H and O–H groups in total. The van der Waals surface area contributed by atoms with Gasteiger partial charge in [-0.2, -0.15) is 0 Å². The molecule has 0 saturated heterocycles. The van der Waals surface area contributed by atoms with E-state index in [1.54, 1.807) is 6.92 Å². The normalized spacial score (nSPS) is 27.4. The van der Waals surface area contributed by atoms with E-state index in [4.69, 9.17) is 17.2 Å². The number of aliphatic hydroxyl groups excluding tert-OH is 1. The third-order valence-corrected chi connectivity index (χ3v) is 6.56. The van der Waals surface area contributed by atoms with Crippen LogP contribution >= 0.6 is 0 Å². The molecule has 31 heavy (non-hydrogen) atoms. The molecular weight excluding hydrogens is 404 g/mol. The van der Waals surface area contributed by atoms with Gasteiger partial charge in [-0.3, -0.25) is 14.4 Å². The van der Waals surface area contributed by atoms with E-state index in [-0.39, 0.29) is 30.1 Å². The molecule has 0 aromatic heterocycles. The summed E-state index contributed by atoms with van der Waals surface area (Å²) in [6, 6.07) is 0.946. The maximum Gasteiger partial charge on any atom is 0.316 e. The highest BCUT2D eigenvalue weighted by Crippen LogP contribution is 2.50. The van der Waals surface area contributed by atoms with Crippen molar-refractivity contribution < 1.29 is 29.4 Å². The van der Waals surface area contributed by atoms with Crippen LogP contribution in [0.5, 0.6) is 5.75 Å². The van der Waals surface area contributed by atoms with Crippen LogP contribution in [0.4, 0.5) is 10.5 Å². The summed E-state index contributed by atoms with van der Waals surface area (Å²) in [5.41, 5.74) is 17.7. The van der Waals surface area contributed by atoms with Crippen molar-refractivity contribution in [1.29, 1.82) is 0 Å². The van der Waals surface area contributed by atoms with Crippen LogP contribution in [0.1, 0.15) is 29.3 Å². The van der Waals surface area contributed by atoms with E-state index >= 15 is 0 Å². The van der Waals surface area contributed by atoms with Crippen molar-refractivity contribution in [2.24, 2.45) is 35.0 Å². The number of benzene rings is 1. The highest BCUT2D eigenvalue weighted by molar-refractivity contribution is 6.22. The first-order valence-electron chi connectivity index (χ1n) is 9.73. The fourth-order valence-corrected chi connectivity index (χ4v) is 5.32. The van der Waals surface area contributed by atoms with Crippen LogP contribution < -0.4 is 22.5 Å². The van der Waals surface area contributed by atoms with Gasteiger partial charge in [-0.05, 0) is 49.3 Å². The number of nitrogens with two attached hydrogens (primary N) is 3. The number of aliphatic hydroxyl groups is 1. The summed E-state index contributed by atoms with van der Waals surface area (Å²) in [6.45, 7) is 1.62. The molecular formula is C21H22N4O6. The lowest BCUT2D eigenvalue weighted by Crippen LogP contribution is -2.51. The van der Waals surface area contributed by atoms with E-state index in [9.17, 15) is 29.4 Å². The smallest absolute Gasteiger partial charge is 0.316 e. The molecule has 0 heterocycles. The number of nitrogens with one attached hydrogen (secondary N) is 1. The first-order valence-corrected chi connectivity index (χ1v) is 9.73. The number of phenolic OH excluding ortho intramolecular Hbond substituents is 1. The van der Waals surface area contributed by atoms with Gasteiger partial charge in [0, 0.05) is 17.2 Å². The Hall–Kier alpha value is -3.66. The van der Waals surface area contributed by atoms with Gasteiger partial charge in [0.25, 0.3) is 5.91 Å². The number of carbonyl (C=O) groups excluding carboxylic acids is 4. The minimum Gasteiger partial charge on any atom is -0.510 e. The van der Waals surface area contributed by atoms with Gasteiger partial charge in [-0.15, -0.1) is 0 Å². The summed E-state index contributed by atoms with van der Waals surface area (Å²) >= 11 is 0. The molecule has 162 valence electrons. The highest BCUT2D eigenvalue weighted by atomic mass is 16.3. The summed E-state index contributed by atoms with van der Waals surface area (Å²) in [5.74, 6) is -4.76. The molecule has 0 spiro atoms. The Bertz CT molecular complexity index is 1130. The molecule has 4 rings (SSSR count). The fourth-order valence-electron chi connectivity index (χ4n) is 5.32. The average Bonchev–Trinajstić information content (AvgIpc) is 2.67. The van der Waals surface area contributed by atoms with Crippen LogP contribution in [-0.4, -0.2) is 39.8 Å². The molecule has 1 aromatic rings. The van der Waals surface area contributed by atoms with Gasteiger partial charge in [0.2, 0.25) is 0 Å². The molecule has 1 aromatic carbocycles. The van der Waals surface area contributed by atoms with E-state index in [1.807, 2.05) is 0 Å². The molecule has 3 aliphatic carbocycles. The number of primary amides is 2. The predicted octanol–water partition coefficient (Wildman–Crippen LogP) is 0.398. The highest BCUT2D eigenvalue weighted by Gasteiger charge is 2.51. The van der Waals surface area contributed by atoms with Crippen LogP contribution in [-0.2, 0) is 16.0 Å². The topological polar surface area (TPSA) is 199 Å². The molecule has 3 aliphatic rings. The number of aromatic hydroxyl groups is 1. The zero-order valence-corrected chi connectivity index (χ0v) is 16.6. The molecule has 3 amide bonds. The molecule has 0 fully saturated rings. The second-order valence-corrected chi connectivity index (χ2v) is 8.19. The molecule has 0 bridgehead atoms. The molecule has 10 heteroatoms. The predicted molar refractivity (Wildman–Crippen MR) is 109 cm³/mol. The Morgan fingerprint density at radius 3 is 2.45 bits per heavy atom. The van der Waals surface area contributed by atoms with Crippen LogP contribution in [0.3, 0.4) is 0 Å². The Balaban J connectivity index is 1.87. The van der Waals surface area contributed by atoms with Crippen LogP contribution in [0.15, 0.2) is 34.6 Å². The summed E-state index contributed by atoms with van der Waals surface area (Å²) < 4.78 is 0. The van der Waals surface area contributed by atoms with Crippen molar-refractivity contribution in [3.63, 3.8) is 0 Å². The van der Waals surface area contributed by atoms with Crippen LogP contribution in [0.2, 0.25) is 0 Å². The van der Waals surface area contributed by atoms with Crippen molar-refractivity contribution in [2.75, 3.05) is 5.32 Å². The van der Waals surface area contributed by atoms with Gasteiger partial charge >= 0.3 is 6.03 Å². The lowest BCUT2D eigenvalue weighted by atomic mass is 9.59. The monoisotopic (exact) mass is 426 g/mol. The van der Waals surface area contributed by atoms with Crippen molar-refractivity contribution in [3.05, 3.63) is 45.7 Å². The number of Topliss-reactive ketones (excluding diaryl/α,β-unsaturated/α-hetero) is 2. The van der Waals surface area contributed by atoms with Gasteiger partial charge in [-0.1, -0.05) is 5.57 Å². The SMILES string of the molecule is CC1=C2C(=O)c3c(O)ccc(NC(N)=O)c3CC2CC2C1C(=O)C(C(N)=O)=C(O)[C@H]2N. The van der Waals surface area contributed by atoms with Gasteiger partial charge in [0.1, 0.15) is 17.1 Å². The molecule has 0 saturated carbocycles. The third-order valence-electron chi connectivity index (χ3n) is 6.56. The summed E-state index contributed by atoms with van der Waals surface area (Å²) in [7, 11) is 0. The molecule has 4 atom stereocenters. The van der Waals surface area contributed by atoms with E-state index in [0.29, 0.717) is 22.4 Å². The Morgan fingerprint density at radius 2 is 1.84 bits per heavy atom. The minimum absolute atomic E-state index is 0.0383. The second kappa shape index (κ2) is 6.95.